The molecule has 1 N–H and O–H groups in total. The lowest BCUT2D eigenvalue weighted by Crippen LogP contribution is -2.29. The van der Waals surface area contributed by atoms with Gasteiger partial charge in [0.15, 0.2) is 0 Å². The van der Waals surface area contributed by atoms with Gasteiger partial charge >= 0.3 is 0 Å². The number of rotatable bonds is 5. The van der Waals surface area contributed by atoms with Crippen molar-refractivity contribution in [2.45, 2.75) is 56.9 Å². The Hall–Kier alpha value is -2.74. The fourth-order valence-electron chi connectivity index (χ4n) is 6.31. The van der Waals surface area contributed by atoms with E-state index in [1.54, 1.807) is 0 Å². The van der Waals surface area contributed by atoms with E-state index in [9.17, 15) is 0 Å². The van der Waals surface area contributed by atoms with Crippen LogP contribution in [0, 0.1) is 11.8 Å². The van der Waals surface area contributed by atoms with E-state index in [0.29, 0.717) is 17.9 Å². The second-order valence-electron chi connectivity index (χ2n) is 9.93. The second kappa shape index (κ2) is 8.65. The average Bonchev–Trinajstić information content (AvgIpc) is 3.34. The molecule has 164 valence electrons. The molecule has 0 saturated heterocycles. The van der Waals surface area contributed by atoms with Gasteiger partial charge in [0.1, 0.15) is 5.75 Å². The first-order chi connectivity index (χ1) is 15.9. The molecule has 3 aromatic carbocycles. The molecule has 2 heteroatoms. The molecule has 1 aliphatic heterocycles. The van der Waals surface area contributed by atoms with Crippen molar-refractivity contribution in [2.24, 2.45) is 11.8 Å². The van der Waals surface area contributed by atoms with E-state index in [2.05, 4.69) is 78.1 Å². The molecule has 32 heavy (non-hydrogen) atoms. The Bertz CT molecular complexity index is 1120. The molecule has 0 bridgehead atoms. The molecule has 1 heterocycles. The van der Waals surface area contributed by atoms with Gasteiger partial charge in [-0.3, -0.25) is 0 Å². The highest BCUT2D eigenvalue weighted by molar-refractivity contribution is 5.86. The Balaban J connectivity index is 1.24. The molecular formula is C30H33NO. The standard InChI is InChI=1S/C30H33NO/c1-2-8-21(9-3-1)18-19-32-23-16-17-29-28(20-23)25-13-7-15-27(25)30(31-29)26-14-6-11-22-10-4-5-12-24(22)26/h4-7,10-14,16-17,20-21,25,27,30-31H,1-3,8-9,15,18-19H2. The van der Waals surface area contributed by atoms with Crippen molar-refractivity contribution < 1.29 is 4.74 Å². The van der Waals surface area contributed by atoms with Gasteiger partial charge in [-0.1, -0.05) is 86.7 Å². The Morgan fingerprint density at radius 2 is 1.75 bits per heavy atom. The summed E-state index contributed by atoms with van der Waals surface area (Å²) in [5.41, 5.74) is 4.08. The third-order valence-electron chi connectivity index (χ3n) is 8.01. The highest BCUT2D eigenvalue weighted by Crippen LogP contribution is 2.51. The van der Waals surface area contributed by atoms with Crippen LogP contribution in [-0.2, 0) is 0 Å². The van der Waals surface area contributed by atoms with Gasteiger partial charge in [-0.05, 0) is 64.8 Å². The summed E-state index contributed by atoms with van der Waals surface area (Å²) in [5, 5.41) is 6.60. The zero-order chi connectivity index (χ0) is 21.3. The number of allylic oxidation sites excluding steroid dienone is 2. The van der Waals surface area contributed by atoms with Gasteiger partial charge in [0.2, 0.25) is 0 Å². The van der Waals surface area contributed by atoms with Crippen molar-refractivity contribution in [1.82, 2.24) is 0 Å². The molecule has 2 nitrogen and oxygen atoms in total. The largest absolute Gasteiger partial charge is 0.494 e. The summed E-state index contributed by atoms with van der Waals surface area (Å²) in [4.78, 5) is 0. The van der Waals surface area contributed by atoms with Crippen molar-refractivity contribution in [2.75, 3.05) is 11.9 Å². The summed E-state index contributed by atoms with van der Waals surface area (Å²) in [6.45, 7) is 0.847. The number of fused-ring (bicyclic) bond motifs is 4. The quantitative estimate of drug-likeness (QED) is 0.420. The lowest BCUT2D eigenvalue weighted by molar-refractivity contribution is 0.246. The summed E-state index contributed by atoms with van der Waals surface area (Å²) in [6, 6.07) is 22.5. The second-order valence-corrected chi connectivity index (χ2v) is 9.93. The number of nitrogens with one attached hydrogen (secondary N) is 1. The maximum absolute atomic E-state index is 6.24. The third-order valence-corrected chi connectivity index (χ3v) is 8.01. The highest BCUT2D eigenvalue weighted by Gasteiger charge is 2.38. The van der Waals surface area contributed by atoms with E-state index in [1.807, 2.05) is 0 Å². The third kappa shape index (κ3) is 3.70. The molecule has 3 unspecified atom stereocenters. The fraction of sp³-hybridized carbons (Fsp3) is 0.400. The molecule has 0 spiro atoms. The molecule has 2 aliphatic carbocycles. The zero-order valence-corrected chi connectivity index (χ0v) is 18.8. The molecule has 1 saturated carbocycles. The van der Waals surface area contributed by atoms with Crippen LogP contribution in [0.25, 0.3) is 10.8 Å². The molecule has 0 amide bonds. The van der Waals surface area contributed by atoms with Gasteiger partial charge in [-0.2, -0.15) is 0 Å². The lowest BCUT2D eigenvalue weighted by Gasteiger charge is -2.38. The van der Waals surface area contributed by atoms with Crippen molar-refractivity contribution in [1.29, 1.82) is 0 Å². The SMILES string of the molecule is C1=CC2c3cc(OCCC4CCCCC4)ccc3NC(c3cccc4ccccc34)C2C1. The van der Waals surface area contributed by atoms with E-state index in [0.717, 1.165) is 24.7 Å². The van der Waals surface area contributed by atoms with Gasteiger partial charge < -0.3 is 10.1 Å². The van der Waals surface area contributed by atoms with Crippen LogP contribution in [0.3, 0.4) is 0 Å². The van der Waals surface area contributed by atoms with Crippen molar-refractivity contribution in [3.8, 4) is 5.75 Å². The van der Waals surface area contributed by atoms with Crippen LogP contribution in [0.2, 0.25) is 0 Å². The Labute approximate surface area is 191 Å². The van der Waals surface area contributed by atoms with Gasteiger partial charge in [0.25, 0.3) is 0 Å². The van der Waals surface area contributed by atoms with Gasteiger partial charge in [0, 0.05) is 11.6 Å². The van der Waals surface area contributed by atoms with E-state index >= 15 is 0 Å². The van der Waals surface area contributed by atoms with E-state index in [4.69, 9.17) is 4.74 Å². The number of anilines is 1. The molecule has 1 fully saturated rings. The molecular weight excluding hydrogens is 390 g/mol. The first-order valence-electron chi connectivity index (χ1n) is 12.5. The lowest BCUT2D eigenvalue weighted by atomic mass is 9.76. The number of hydrogen-bond donors (Lipinski definition) is 1. The van der Waals surface area contributed by atoms with Crippen LogP contribution in [0.15, 0.2) is 72.8 Å². The summed E-state index contributed by atoms with van der Waals surface area (Å²) in [5.74, 6) is 2.90. The Morgan fingerprint density at radius 3 is 2.69 bits per heavy atom. The Kier molecular flexibility index (Phi) is 5.38. The molecule has 0 radical (unpaired) electrons. The summed E-state index contributed by atoms with van der Waals surface area (Å²) in [6.07, 6.45) is 14.1. The maximum atomic E-state index is 6.24. The highest BCUT2D eigenvalue weighted by atomic mass is 16.5. The summed E-state index contributed by atoms with van der Waals surface area (Å²) < 4.78 is 6.24. The minimum absolute atomic E-state index is 0.326. The minimum atomic E-state index is 0.326. The van der Waals surface area contributed by atoms with Crippen molar-refractivity contribution in [3.63, 3.8) is 0 Å². The topological polar surface area (TPSA) is 21.3 Å². The molecule has 3 aromatic rings. The van der Waals surface area contributed by atoms with Gasteiger partial charge in [0.05, 0.1) is 12.6 Å². The van der Waals surface area contributed by atoms with Crippen LogP contribution < -0.4 is 10.1 Å². The number of hydrogen-bond acceptors (Lipinski definition) is 2. The summed E-state index contributed by atoms with van der Waals surface area (Å²) in [7, 11) is 0. The van der Waals surface area contributed by atoms with Crippen LogP contribution in [0.5, 0.6) is 5.75 Å². The van der Waals surface area contributed by atoms with Crippen LogP contribution in [0.4, 0.5) is 5.69 Å². The predicted molar refractivity (Wildman–Crippen MR) is 133 cm³/mol. The van der Waals surface area contributed by atoms with Crippen LogP contribution in [0.1, 0.15) is 68.0 Å². The molecule has 3 atom stereocenters. The van der Waals surface area contributed by atoms with E-state index in [-0.39, 0.29) is 0 Å². The first-order valence-corrected chi connectivity index (χ1v) is 12.5. The maximum Gasteiger partial charge on any atom is 0.119 e. The minimum Gasteiger partial charge on any atom is -0.494 e. The van der Waals surface area contributed by atoms with Gasteiger partial charge in [-0.15, -0.1) is 0 Å². The monoisotopic (exact) mass is 423 g/mol. The number of ether oxygens (including phenoxy) is 1. The first kappa shape index (κ1) is 19.9. The zero-order valence-electron chi connectivity index (χ0n) is 18.8. The average molecular weight is 424 g/mol. The van der Waals surface area contributed by atoms with E-state index < -0.39 is 0 Å². The van der Waals surface area contributed by atoms with Gasteiger partial charge in [-0.25, -0.2) is 0 Å². The fourth-order valence-corrected chi connectivity index (χ4v) is 6.31. The van der Waals surface area contributed by atoms with Crippen LogP contribution >= 0.6 is 0 Å². The molecule has 6 rings (SSSR count). The van der Waals surface area contributed by atoms with Crippen LogP contribution in [-0.4, -0.2) is 6.61 Å². The smallest absolute Gasteiger partial charge is 0.119 e. The normalized spacial score (nSPS) is 24.7. The number of benzene rings is 3. The molecule has 0 aromatic heterocycles. The van der Waals surface area contributed by atoms with Crippen molar-refractivity contribution in [3.05, 3.63) is 83.9 Å². The summed E-state index contributed by atoms with van der Waals surface area (Å²) >= 11 is 0. The molecule has 3 aliphatic rings. The predicted octanol–water partition coefficient (Wildman–Crippen LogP) is 8.02. The van der Waals surface area contributed by atoms with Crippen molar-refractivity contribution >= 4 is 16.5 Å². The Morgan fingerprint density at radius 1 is 0.875 bits per heavy atom. The van der Waals surface area contributed by atoms with E-state index in [1.165, 1.54) is 66.1 Å².